The highest BCUT2D eigenvalue weighted by Gasteiger charge is 2.09. The predicted molar refractivity (Wildman–Crippen MR) is 72.6 cm³/mol. The smallest absolute Gasteiger partial charge is 0.337 e. The first-order chi connectivity index (χ1) is 9.54. The molecule has 2 heterocycles. The number of hydrogen-bond donors (Lipinski definition) is 1. The van der Waals surface area contributed by atoms with Gasteiger partial charge in [0.05, 0.1) is 16.3 Å². The molecule has 0 aliphatic rings. The monoisotopic (exact) mass is 290 g/mol. The topological polar surface area (TPSA) is 54.6 Å². The van der Waals surface area contributed by atoms with Crippen molar-refractivity contribution in [3.05, 3.63) is 59.1 Å². The Morgan fingerprint density at radius 1 is 1.25 bits per heavy atom. The molecular formula is C14H8ClFN2O2. The average molecular weight is 291 g/mol. The summed E-state index contributed by atoms with van der Waals surface area (Å²) in [5.41, 5.74) is 2.02. The number of halogens is 2. The van der Waals surface area contributed by atoms with Gasteiger partial charge in [0, 0.05) is 18.0 Å². The highest BCUT2D eigenvalue weighted by Crippen LogP contribution is 2.24. The summed E-state index contributed by atoms with van der Waals surface area (Å²) in [7, 11) is 0. The highest BCUT2D eigenvalue weighted by atomic mass is 35.5. The van der Waals surface area contributed by atoms with E-state index in [1.54, 1.807) is 22.7 Å². The van der Waals surface area contributed by atoms with Crippen molar-refractivity contribution >= 4 is 23.2 Å². The lowest BCUT2D eigenvalue weighted by molar-refractivity contribution is 0.0696. The average Bonchev–Trinajstić information content (AvgIpc) is 2.84. The molecule has 3 aromatic rings. The molecule has 0 fully saturated rings. The number of carboxylic acids is 1. The van der Waals surface area contributed by atoms with Crippen molar-refractivity contribution < 1.29 is 14.3 Å². The van der Waals surface area contributed by atoms with E-state index in [0.717, 1.165) is 0 Å². The van der Waals surface area contributed by atoms with Crippen LogP contribution in [0.25, 0.3) is 16.9 Å². The van der Waals surface area contributed by atoms with Crippen molar-refractivity contribution in [2.24, 2.45) is 0 Å². The van der Waals surface area contributed by atoms with Crippen molar-refractivity contribution in [1.29, 1.82) is 0 Å². The van der Waals surface area contributed by atoms with Crippen LogP contribution in [0.4, 0.5) is 4.39 Å². The molecule has 0 saturated heterocycles. The summed E-state index contributed by atoms with van der Waals surface area (Å²) in [6, 6.07) is 7.41. The maximum atomic E-state index is 13.1. The fourth-order valence-electron chi connectivity index (χ4n) is 1.91. The van der Waals surface area contributed by atoms with Gasteiger partial charge in [-0.1, -0.05) is 11.6 Å². The van der Waals surface area contributed by atoms with Crippen LogP contribution in [0.15, 0.2) is 42.7 Å². The standard InChI is InChI=1S/C14H8ClFN2O2/c15-10-5-8(1-3-11(10)16)12-7-18-6-9(14(19)20)2-4-13(18)17-12/h1-7H,(H,19,20). The van der Waals surface area contributed by atoms with Gasteiger partial charge in [0.2, 0.25) is 0 Å². The largest absolute Gasteiger partial charge is 0.478 e. The van der Waals surface area contributed by atoms with Crippen molar-refractivity contribution in [2.45, 2.75) is 0 Å². The molecule has 0 amide bonds. The maximum absolute atomic E-state index is 13.1. The summed E-state index contributed by atoms with van der Waals surface area (Å²) in [5.74, 6) is -1.50. The Balaban J connectivity index is 2.12. The lowest BCUT2D eigenvalue weighted by atomic mass is 10.2. The van der Waals surface area contributed by atoms with E-state index in [1.807, 2.05) is 0 Å². The third kappa shape index (κ3) is 2.12. The SMILES string of the molecule is O=C(O)c1ccc2nc(-c3ccc(F)c(Cl)c3)cn2c1. The molecular weight excluding hydrogens is 283 g/mol. The van der Waals surface area contributed by atoms with E-state index >= 15 is 0 Å². The molecule has 0 spiro atoms. The van der Waals surface area contributed by atoms with E-state index < -0.39 is 11.8 Å². The number of carbonyl (C=O) groups is 1. The van der Waals surface area contributed by atoms with Gasteiger partial charge >= 0.3 is 5.97 Å². The summed E-state index contributed by atoms with van der Waals surface area (Å²) in [4.78, 5) is 15.3. The number of aromatic nitrogens is 2. The number of imidazole rings is 1. The number of benzene rings is 1. The Kier molecular flexibility index (Phi) is 2.91. The fourth-order valence-corrected chi connectivity index (χ4v) is 2.09. The molecule has 0 unspecified atom stereocenters. The molecule has 20 heavy (non-hydrogen) atoms. The maximum Gasteiger partial charge on any atom is 0.337 e. The van der Waals surface area contributed by atoms with E-state index in [1.165, 1.54) is 24.4 Å². The molecule has 0 bridgehead atoms. The van der Waals surface area contributed by atoms with Gasteiger partial charge in [-0.15, -0.1) is 0 Å². The van der Waals surface area contributed by atoms with Gasteiger partial charge in [0.25, 0.3) is 0 Å². The highest BCUT2D eigenvalue weighted by molar-refractivity contribution is 6.31. The van der Waals surface area contributed by atoms with Crippen LogP contribution in [0.2, 0.25) is 5.02 Å². The Morgan fingerprint density at radius 3 is 2.75 bits per heavy atom. The minimum absolute atomic E-state index is 0.0192. The zero-order valence-electron chi connectivity index (χ0n) is 10.0. The number of carboxylic acid groups (broad SMARTS) is 1. The second-order valence-electron chi connectivity index (χ2n) is 4.24. The van der Waals surface area contributed by atoms with Crippen LogP contribution in [-0.4, -0.2) is 20.5 Å². The van der Waals surface area contributed by atoms with Crippen LogP contribution in [0.3, 0.4) is 0 Å². The molecule has 6 heteroatoms. The Labute approximate surface area is 118 Å². The van der Waals surface area contributed by atoms with Gasteiger partial charge in [-0.25, -0.2) is 14.2 Å². The lowest BCUT2D eigenvalue weighted by Gasteiger charge is -1.98. The summed E-state index contributed by atoms with van der Waals surface area (Å²) < 4.78 is 14.7. The summed E-state index contributed by atoms with van der Waals surface area (Å²) in [6.45, 7) is 0. The van der Waals surface area contributed by atoms with Crippen LogP contribution < -0.4 is 0 Å². The lowest BCUT2D eigenvalue weighted by Crippen LogP contribution is -1.97. The third-order valence-electron chi connectivity index (χ3n) is 2.91. The molecule has 3 rings (SSSR count). The first kappa shape index (κ1) is 12.6. The second-order valence-corrected chi connectivity index (χ2v) is 4.65. The van der Waals surface area contributed by atoms with Crippen molar-refractivity contribution in [3.63, 3.8) is 0 Å². The second kappa shape index (κ2) is 4.61. The van der Waals surface area contributed by atoms with E-state index in [2.05, 4.69) is 4.98 Å². The number of hydrogen-bond acceptors (Lipinski definition) is 2. The van der Waals surface area contributed by atoms with Crippen molar-refractivity contribution in [2.75, 3.05) is 0 Å². The molecule has 0 saturated carbocycles. The molecule has 4 nitrogen and oxygen atoms in total. The number of aromatic carboxylic acids is 1. The summed E-state index contributed by atoms with van der Waals surface area (Å²) in [6.07, 6.45) is 3.14. The quantitative estimate of drug-likeness (QED) is 0.786. The van der Waals surface area contributed by atoms with Crippen LogP contribution in [0.5, 0.6) is 0 Å². The Morgan fingerprint density at radius 2 is 2.05 bits per heavy atom. The Bertz CT molecular complexity index is 829. The van der Waals surface area contributed by atoms with E-state index in [4.69, 9.17) is 16.7 Å². The van der Waals surface area contributed by atoms with Gasteiger partial charge in [0.1, 0.15) is 11.5 Å². The van der Waals surface area contributed by atoms with Crippen LogP contribution in [-0.2, 0) is 0 Å². The minimum Gasteiger partial charge on any atom is -0.478 e. The van der Waals surface area contributed by atoms with Gasteiger partial charge in [-0.05, 0) is 30.3 Å². The predicted octanol–water partition coefficient (Wildman–Crippen LogP) is 3.49. The minimum atomic E-state index is -1.01. The number of pyridine rings is 1. The van der Waals surface area contributed by atoms with Crippen molar-refractivity contribution in [1.82, 2.24) is 9.38 Å². The van der Waals surface area contributed by atoms with Gasteiger partial charge in [0.15, 0.2) is 0 Å². The van der Waals surface area contributed by atoms with Gasteiger partial charge in [-0.3, -0.25) is 0 Å². The van der Waals surface area contributed by atoms with Crippen LogP contribution >= 0.6 is 11.6 Å². The van der Waals surface area contributed by atoms with Crippen molar-refractivity contribution in [3.8, 4) is 11.3 Å². The van der Waals surface area contributed by atoms with Crippen LogP contribution in [0, 0.1) is 5.82 Å². The molecule has 100 valence electrons. The van der Waals surface area contributed by atoms with E-state index in [0.29, 0.717) is 16.9 Å². The molecule has 1 aromatic carbocycles. The Hall–Kier alpha value is -2.40. The van der Waals surface area contributed by atoms with E-state index in [9.17, 15) is 9.18 Å². The molecule has 0 aliphatic heterocycles. The van der Waals surface area contributed by atoms with Crippen LogP contribution in [0.1, 0.15) is 10.4 Å². The molecule has 0 aliphatic carbocycles. The number of rotatable bonds is 2. The molecule has 2 aromatic heterocycles. The zero-order chi connectivity index (χ0) is 14.3. The zero-order valence-corrected chi connectivity index (χ0v) is 10.8. The summed E-state index contributed by atoms with van der Waals surface area (Å²) >= 11 is 5.74. The molecule has 0 atom stereocenters. The van der Waals surface area contributed by atoms with Gasteiger partial charge in [-0.2, -0.15) is 0 Å². The number of fused-ring (bicyclic) bond motifs is 1. The third-order valence-corrected chi connectivity index (χ3v) is 3.20. The van der Waals surface area contributed by atoms with E-state index in [-0.39, 0.29) is 10.6 Å². The summed E-state index contributed by atoms with van der Waals surface area (Å²) in [5, 5.41) is 8.96. The fraction of sp³-hybridized carbons (Fsp3) is 0. The first-order valence-electron chi connectivity index (χ1n) is 5.72. The van der Waals surface area contributed by atoms with Gasteiger partial charge < -0.3 is 9.51 Å². The molecule has 0 radical (unpaired) electrons. The number of nitrogens with zero attached hydrogens (tertiary/aromatic N) is 2. The molecule has 1 N–H and O–H groups in total. The first-order valence-corrected chi connectivity index (χ1v) is 6.10. The normalized spacial score (nSPS) is 10.9.